The van der Waals surface area contributed by atoms with Crippen molar-refractivity contribution >= 4 is 23.0 Å². The van der Waals surface area contributed by atoms with Gasteiger partial charge in [0.05, 0.1) is 5.71 Å². The summed E-state index contributed by atoms with van der Waals surface area (Å²) < 4.78 is 0. The molecule has 0 aromatic carbocycles. The summed E-state index contributed by atoms with van der Waals surface area (Å²) in [7, 11) is 0. The number of hydrazone groups is 1. The largest absolute Gasteiger partial charge is 0.273 e. The zero-order chi connectivity index (χ0) is 13.5. The Labute approximate surface area is 118 Å². The molecule has 1 aromatic heterocycles. The molecule has 19 heavy (non-hydrogen) atoms. The Balaban J connectivity index is 1.62. The molecule has 0 saturated heterocycles. The smallest absolute Gasteiger partial charge is 0.244 e. The fourth-order valence-corrected chi connectivity index (χ4v) is 4.28. The van der Waals surface area contributed by atoms with Crippen LogP contribution in [-0.4, -0.2) is 11.6 Å². The van der Waals surface area contributed by atoms with Gasteiger partial charge >= 0.3 is 0 Å². The number of thiophene rings is 1. The van der Waals surface area contributed by atoms with Crippen LogP contribution in [0, 0.1) is 17.3 Å². The highest BCUT2D eigenvalue weighted by Crippen LogP contribution is 2.66. The van der Waals surface area contributed by atoms with E-state index in [1.54, 1.807) is 11.3 Å². The van der Waals surface area contributed by atoms with Gasteiger partial charge in [0.1, 0.15) is 0 Å². The number of fused-ring (bicyclic) bond motifs is 1. The Morgan fingerprint density at radius 2 is 2.37 bits per heavy atom. The predicted octanol–water partition coefficient (Wildman–Crippen LogP) is 3.41. The van der Waals surface area contributed by atoms with Crippen LogP contribution in [0.2, 0.25) is 0 Å². The predicted molar refractivity (Wildman–Crippen MR) is 78.2 cm³/mol. The number of carbonyl (C=O) groups is 1. The molecular weight excluding hydrogens is 256 g/mol. The van der Waals surface area contributed by atoms with Gasteiger partial charge in [0.15, 0.2) is 0 Å². The van der Waals surface area contributed by atoms with Gasteiger partial charge in [-0.1, -0.05) is 25.8 Å². The number of rotatable bonds is 3. The van der Waals surface area contributed by atoms with Gasteiger partial charge in [-0.2, -0.15) is 5.10 Å². The zero-order valence-electron chi connectivity index (χ0n) is 11.5. The van der Waals surface area contributed by atoms with E-state index in [0.717, 1.165) is 10.6 Å². The fraction of sp³-hybridized carbons (Fsp3) is 0.600. The molecule has 0 aliphatic heterocycles. The third kappa shape index (κ3) is 2.22. The van der Waals surface area contributed by atoms with Crippen molar-refractivity contribution in [2.75, 3.05) is 0 Å². The van der Waals surface area contributed by atoms with E-state index in [1.807, 2.05) is 24.4 Å². The summed E-state index contributed by atoms with van der Waals surface area (Å²) in [5.74, 6) is 0.902. The summed E-state index contributed by atoms with van der Waals surface area (Å²) in [6.45, 7) is 4.20. The van der Waals surface area contributed by atoms with E-state index in [9.17, 15) is 4.79 Å². The van der Waals surface area contributed by atoms with Gasteiger partial charge in [0.2, 0.25) is 5.91 Å². The van der Waals surface area contributed by atoms with E-state index in [4.69, 9.17) is 0 Å². The maximum Gasteiger partial charge on any atom is 0.244 e. The molecule has 2 aliphatic carbocycles. The summed E-state index contributed by atoms with van der Waals surface area (Å²) >= 11 is 1.64. The molecule has 102 valence electrons. The highest BCUT2D eigenvalue weighted by molar-refractivity contribution is 7.12. The van der Waals surface area contributed by atoms with Gasteiger partial charge < -0.3 is 0 Å². The molecule has 2 fully saturated rings. The Kier molecular flexibility index (Phi) is 3.21. The van der Waals surface area contributed by atoms with Crippen molar-refractivity contribution in [1.29, 1.82) is 0 Å². The van der Waals surface area contributed by atoms with Gasteiger partial charge in [-0.05, 0) is 42.5 Å². The first kappa shape index (κ1) is 12.9. The average Bonchev–Trinajstić information content (AvgIpc) is 2.77. The Morgan fingerprint density at radius 3 is 3.00 bits per heavy atom. The van der Waals surface area contributed by atoms with Crippen LogP contribution in [0.4, 0.5) is 0 Å². The van der Waals surface area contributed by atoms with E-state index in [0.29, 0.717) is 5.92 Å². The van der Waals surface area contributed by atoms with Crippen molar-refractivity contribution in [2.45, 2.75) is 39.5 Å². The Morgan fingerprint density at radius 1 is 1.53 bits per heavy atom. The number of nitrogens with zero attached hydrogens (tertiary/aromatic N) is 1. The average molecular weight is 276 g/mol. The van der Waals surface area contributed by atoms with Crippen molar-refractivity contribution in [3.63, 3.8) is 0 Å². The second-order valence-corrected chi connectivity index (χ2v) is 6.93. The van der Waals surface area contributed by atoms with Crippen LogP contribution >= 0.6 is 11.3 Å². The van der Waals surface area contributed by atoms with Gasteiger partial charge in [-0.3, -0.25) is 4.79 Å². The van der Waals surface area contributed by atoms with Crippen molar-refractivity contribution in [3.8, 4) is 0 Å². The standard InChI is InChI=1S/C15H20N2OS/c1-10(12-7-5-9-19-12)16-17-14(18)13-11-6-3-4-8-15(11,13)2/h5,7,9,11,13H,3-4,6,8H2,1-2H3,(H,17,18)/b16-10-/t11-,13-,15+/m0/s1. The molecule has 0 unspecified atom stereocenters. The monoisotopic (exact) mass is 276 g/mol. The number of carbonyl (C=O) groups excluding carboxylic acids is 1. The van der Waals surface area contributed by atoms with Crippen LogP contribution in [0.5, 0.6) is 0 Å². The lowest BCUT2D eigenvalue weighted by atomic mass is 9.90. The minimum absolute atomic E-state index is 0.116. The van der Waals surface area contributed by atoms with Crippen molar-refractivity contribution in [1.82, 2.24) is 5.43 Å². The summed E-state index contributed by atoms with van der Waals surface area (Å²) in [5, 5.41) is 6.26. The van der Waals surface area contributed by atoms with Crippen LogP contribution < -0.4 is 5.43 Å². The van der Waals surface area contributed by atoms with E-state index in [2.05, 4.69) is 17.5 Å². The molecule has 2 aliphatic rings. The topological polar surface area (TPSA) is 41.5 Å². The van der Waals surface area contributed by atoms with Crippen molar-refractivity contribution in [3.05, 3.63) is 22.4 Å². The highest BCUT2D eigenvalue weighted by Gasteiger charge is 2.64. The molecule has 0 radical (unpaired) electrons. The van der Waals surface area contributed by atoms with E-state index >= 15 is 0 Å². The second-order valence-electron chi connectivity index (χ2n) is 5.99. The molecule has 1 N–H and O–H groups in total. The summed E-state index contributed by atoms with van der Waals surface area (Å²) in [6, 6.07) is 4.02. The van der Waals surface area contributed by atoms with Crippen molar-refractivity contribution < 1.29 is 4.79 Å². The number of amides is 1. The van der Waals surface area contributed by atoms with E-state index in [-0.39, 0.29) is 17.2 Å². The normalized spacial score (nSPS) is 33.7. The summed E-state index contributed by atoms with van der Waals surface area (Å²) in [4.78, 5) is 13.3. The van der Waals surface area contributed by atoms with Gasteiger partial charge in [-0.25, -0.2) is 5.43 Å². The minimum Gasteiger partial charge on any atom is -0.273 e. The van der Waals surface area contributed by atoms with Crippen LogP contribution in [0.1, 0.15) is 44.4 Å². The van der Waals surface area contributed by atoms with Gasteiger partial charge in [0.25, 0.3) is 0 Å². The first-order valence-corrected chi connectivity index (χ1v) is 7.89. The third-order valence-electron chi connectivity index (χ3n) is 4.83. The molecule has 1 amide bonds. The number of hydrogen-bond acceptors (Lipinski definition) is 3. The number of nitrogens with one attached hydrogen (secondary N) is 1. The molecule has 2 saturated carbocycles. The molecular formula is C15H20N2OS. The van der Waals surface area contributed by atoms with E-state index in [1.165, 1.54) is 25.7 Å². The quantitative estimate of drug-likeness (QED) is 0.667. The van der Waals surface area contributed by atoms with Crippen LogP contribution in [0.3, 0.4) is 0 Å². The first-order chi connectivity index (χ1) is 9.13. The van der Waals surface area contributed by atoms with Crippen LogP contribution in [0.25, 0.3) is 0 Å². The van der Waals surface area contributed by atoms with E-state index < -0.39 is 0 Å². The molecule has 4 heteroatoms. The molecule has 0 bridgehead atoms. The maximum absolute atomic E-state index is 12.2. The Hall–Kier alpha value is -1.16. The zero-order valence-corrected chi connectivity index (χ0v) is 12.3. The highest BCUT2D eigenvalue weighted by atomic mass is 32.1. The molecule has 3 nitrogen and oxygen atoms in total. The lowest BCUT2D eigenvalue weighted by Gasteiger charge is -2.15. The minimum atomic E-state index is 0.116. The number of hydrogen-bond donors (Lipinski definition) is 1. The molecule has 0 spiro atoms. The molecule has 1 aromatic rings. The van der Waals surface area contributed by atoms with Gasteiger partial charge in [0, 0.05) is 10.8 Å². The summed E-state index contributed by atoms with van der Waals surface area (Å²) in [6.07, 6.45) is 4.96. The van der Waals surface area contributed by atoms with Crippen LogP contribution in [0.15, 0.2) is 22.6 Å². The van der Waals surface area contributed by atoms with Crippen LogP contribution in [-0.2, 0) is 4.79 Å². The lowest BCUT2D eigenvalue weighted by Crippen LogP contribution is -2.23. The van der Waals surface area contributed by atoms with Gasteiger partial charge in [-0.15, -0.1) is 11.3 Å². The maximum atomic E-state index is 12.2. The SMILES string of the molecule is C/C(=N/NC(=O)[C@@H]1[C@@H]2CCCC[C@@]12C)c1cccs1. The molecule has 3 rings (SSSR count). The lowest BCUT2D eigenvalue weighted by molar-refractivity contribution is -0.123. The molecule has 1 heterocycles. The molecule has 3 atom stereocenters. The Bertz CT molecular complexity index is 508. The second kappa shape index (κ2) is 4.75. The summed E-state index contributed by atoms with van der Waals surface area (Å²) in [5.41, 5.74) is 3.91. The van der Waals surface area contributed by atoms with Crippen molar-refractivity contribution in [2.24, 2.45) is 22.4 Å². The fourth-order valence-electron chi connectivity index (χ4n) is 3.60. The first-order valence-electron chi connectivity index (χ1n) is 7.01. The third-order valence-corrected chi connectivity index (χ3v) is 5.80.